The van der Waals surface area contributed by atoms with Crippen molar-refractivity contribution in [1.29, 1.82) is 0 Å². The van der Waals surface area contributed by atoms with Crippen molar-refractivity contribution in [2.45, 2.75) is 51.9 Å². The van der Waals surface area contributed by atoms with Crippen LogP contribution in [0.1, 0.15) is 33.6 Å². The molecule has 0 bridgehead atoms. The van der Waals surface area contributed by atoms with E-state index in [1.807, 2.05) is 13.8 Å². The maximum absolute atomic E-state index is 12.4. The molecule has 0 saturated carbocycles. The molecule has 2 aliphatic heterocycles. The molecule has 21 heavy (non-hydrogen) atoms. The Bertz CT molecular complexity index is 464. The smallest absolute Gasteiger partial charge is 0.279 e. The van der Waals surface area contributed by atoms with Crippen molar-refractivity contribution in [2.24, 2.45) is 0 Å². The normalized spacial score (nSPS) is 29.6. The average Bonchev–Trinajstić information content (AvgIpc) is 2.37. The molecule has 2 saturated heterocycles. The van der Waals surface area contributed by atoms with E-state index in [0.29, 0.717) is 39.0 Å². The van der Waals surface area contributed by atoms with Crippen LogP contribution >= 0.6 is 0 Å². The fourth-order valence-corrected chi connectivity index (χ4v) is 4.54. The van der Waals surface area contributed by atoms with Crippen LogP contribution in [0.2, 0.25) is 0 Å². The van der Waals surface area contributed by atoms with E-state index in [1.54, 1.807) is 11.8 Å². The average molecular weight is 319 g/mol. The number of amides is 1. The zero-order valence-electron chi connectivity index (χ0n) is 12.9. The molecule has 0 aromatic rings. The zero-order valence-corrected chi connectivity index (χ0v) is 13.7. The van der Waals surface area contributed by atoms with Gasteiger partial charge in [-0.3, -0.25) is 4.79 Å². The summed E-state index contributed by atoms with van der Waals surface area (Å²) in [4.78, 5) is 13.0. The first kappa shape index (κ1) is 16.7. The van der Waals surface area contributed by atoms with Gasteiger partial charge in [0.05, 0.1) is 12.2 Å². The monoisotopic (exact) mass is 319 g/mol. The van der Waals surface area contributed by atoms with Gasteiger partial charge in [0.25, 0.3) is 10.2 Å². The van der Waals surface area contributed by atoms with Gasteiger partial charge in [-0.25, -0.2) is 0 Å². The highest BCUT2D eigenvalue weighted by Crippen LogP contribution is 2.16. The van der Waals surface area contributed by atoms with Gasteiger partial charge in [0.15, 0.2) is 0 Å². The van der Waals surface area contributed by atoms with Gasteiger partial charge in [-0.2, -0.15) is 17.4 Å². The van der Waals surface area contributed by atoms with Crippen molar-refractivity contribution < 1.29 is 17.9 Å². The molecular weight excluding hydrogens is 294 g/mol. The predicted octanol–water partition coefficient (Wildman–Crippen LogP) is -0.0591. The van der Waals surface area contributed by atoms with Crippen LogP contribution in [0.5, 0.6) is 0 Å². The lowest BCUT2D eigenvalue weighted by molar-refractivity contribution is -0.129. The van der Waals surface area contributed by atoms with Gasteiger partial charge in [-0.15, -0.1) is 0 Å². The van der Waals surface area contributed by atoms with E-state index in [4.69, 9.17) is 4.74 Å². The molecule has 0 spiro atoms. The van der Waals surface area contributed by atoms with E-state index in [1.165, 1.54) is 4.31 Å². The Morgan fingerprint density at radius 1 is 1.14 bits per heavy atom. The van der Waals surface area contributed by atoms with Crippen LogP contribution in [0.15, 0.2) is 0 Å². The minimum absolute atomic E-state index is 0.0483. The van der Waals surface area contributed by atoms with Gasteiger partial charge >= 0.3 is 0 Å². The highest BCUT2D eigenvalue weighted by Gasteiger charge is 2.33. The molecule has 1 N–H and O–H groups in total. The summed E-state index contributed by atoms with van der Waals surface area (Å²) in [5.41, 5.74) is 0. The van der Waals surface area contributed by atoms with Crippen molar-refractivity contribution in [1.82, 2.24) is 13.9 Å². The Labute approximate surface area is 126 Å². The van der Waals surface area contributed by atoms with E-state index >= 15 is 0 Å². The van der Waals surface area contributed by atoms with Gasteiger partial charge in [-0.1, -0.05) is 0 Å². The highest BCUT2D eigenvalue weighted by atomic mass is 32.2. The molecule has 1 amide bonds. The highest BCUT2D eigenvalue weighted by molar-refractivity contribution is 7.87. The van der Waals surface area contributed by atoms with Crippen molar-refractivity contribution in [3.8, 4) is 0 Å². The molecule has 0 aromatic carbocycles. The summed E-state index contributed by atoms with van der Waals surface area (Å²) < 4.78 is 34.7. The minimum atomic E-state index is -3.49. The Hall–Kier alpha value is -0.700. The molecule has 0 radical (unpaired) electrons. The van der Waals surface area contributed by atoms with Gasteiger partial charge in [-0.05, 0) is 26.7 Å². The van der Waals surface area contributed by atoms with Crippen LogP contribution in [0.4, 0.5) is 0 Å². The summed E-state index contributed by atoms with van der Waals surface area (Å²) in [6, 6.07) is -0.0981. The molecular formula is C13H25N3O4S. The number of piperidine rings is 1. The number of carbonyl (C=O) groups excluding carboxylic acids is 1. The van der Waals surface area contributed by atoms with Crippen LogP contribution in [-0.4, -0.2) is 68.0 Å². The van der Waals surface area contributed by atoms with Crippen molar-refractivity contribution in [3.05, 3.63) is 0 Å². The van der Waals surface area contributed by atoms with E-state index in [-0.39, 0.29) is 24.2 Å². The molecule has 2 aliphatic rings. The van der Waals surface area contributed by atoms with Gasteiger partial charge < -0.3 is 9.64 Å². The molecule has 122 valence electrons. The van der Waals surface area contributed by atoms with Crippen LogP contribution < -0.4 is 4.72 Å². The topological polar surface area (TPSA) is 79.0 Å². The number of morpholine rings is 1. The largest absolute Gasteiger partial charge is 0.373 e. The number of nitrogens with zero attached hydrogens (tertiary/aromatic N) is 2. The molecule has 7 nitrogen and oxygen atoms in total. The predicted molar refractivity (Wildman–Crippen MR) is 78.9 cm³/mol. The van der Waals surface area contributed by atoms with Gasteiger partial charge in [0.1, 0.15) is 0 Å². The Kier molecular flexibility index (Phi) is 5.24. The van der Waals surface area contributed by atoms with Gasteiger partial charge in [0.2, 0.25) is 5.91 Å². The molecule has 8 heteroatoms. The molecule has 2 atom stereocenters. The summed E-state index contributed by atoms with van der Waals surface area (Å²) in [6.45, 7) is 7.28. The fraction of sp³-hybridized carbons (Fsp3) is 0.923. The molecule has 2 unspecified atom stereocenters. The Morgan fingerprint density at radius 2 is 1.67 bits per heavy atom. The second kappa shape index (κ2) is 6.60. The summed E-state index contributed by atoms with van der Waals surface area (Å²) >= 11 is 0. The first-order valence-corrected chi connectivity index (χ1v) is 8.90. The third kappa shape index (κ3) is 4.38. The van der Waals surface area contributed by atoms with E-state index in [2.05, 4.69) is 4.72 Å². The van der Waals surface area contributed by atoms with Crippen LogP contribution in [0.25, 0.3) is 0 Å². The lowest BCUT2D eigenvalue weighted by Gasteiger charge is -2.37. The van der Waals surface area contributed by atoms with Crippen molar-refractivity contribution >= 4 is 16.1 Å². The van der Waals surface area contributed by atoms with Crippen LogP contribution in [0.3, 0.4) is 0 Å². The summed E-state index contributed by atoms with van der Waals surface area (Å²) in [7, 11) is -3.49. The first-order valence-electron chi connectivity index (χ1n) is 7.46. The lowest BCUT2D eigenvalue weighted by atomic mass is 10.1. The van der Waals surface area contributed by atoms with E-state index in [9.17, 15) is 13.2 Å². The number of hydrogen-bond donors (Lipinski definition) is 1. The van der Waals surface area contributed by atoms with Crippen molar-refractivity contribution in [3.63, 3.8) is 0 Å². The quantitative estimate of drug-likeness (QED) is 0.790. The number of hydrogen-bond acceptors (Lipinski definition) is 4. The number of likely N-dealkylation sites (tertiary alicyclic amines) is 1. The number of rotatable bonds is 3. The summed E-state index contributed by atoms with van der Waals surface area (Å²) in [5.74, 6) is 0.0483. The minimum Gasteiger partial charge on any atom is -0.373 e. The summed E-state index contributed by atoms with van der Waals surface area (Å²) in [6.07, 6.45) is 1.14. The Balaban J connectivity index is 1.91. The van der Waals surface area contributed by atoms with Gasteiger partial charge in [0, 0.05) is 39.1 Å². The lowest BCUT2D eigenvalue weighted by Crippen LogP contribution is -2.55. The SMILES string of the molecule is CC(=O)N1CCC(NS(=O)(=O)N2CC(C)OC(C)C2)CC1. The van der Waals surface area contributed by atoms with Crippen molar-refractivity contribution in [2.75, 3.05) is 26.2 Å². The third-order valence-electron chi connectivity index (χ3n) is 3.98. The maximum atomic E-state index is 12.4. The standard InChI is InChI=1S/C13H25N3O4S/c1-10-8-16(9-11(2)20-10)21(18,19)14-13-4-6-15(7-5-13)12(3)17/h10-11,13-14H,4-9H2,1-3H3. The summed E-state index contributed by atoms with van der Waals surface area (Å²) in [5, 5.41) is 0. The molecule has 2 rings (SSSR count). The molecule has 0 aromatic heterocycles. The third-order valence-corrected chi connectivity index (χ3v) is 5.59. The molecule has 2 fully saturated rings. The van der Waals surface area contributed by atoms with Crippen LogP contribution in [0, 0.1) is 0 Å². The van der Waals surface area contributed by atoms with E-state index < -0.39 is 10.2 Å². The number of carbonyl (C=O) groups is 1. The number of nitrogens with one attached hydrogen (secondary N) is 1. The number of ether oxygens (including phenoxy) is 1. The molecule has 2 heterocycles. The zero-order chi connectivity index (χ0) is 15.6. The van der Waals surface area contributed by atoms with Crippen LogP contribution in [-0.2, 0) is 19.7 Å². The fourth-order valence-electron chi connectivity index (χ4n) is 2.92. The molecule has 0 aliphatic carbocycles. The maximum Gasteiger partial charge on any atom is 0.279 e. The second-order valence-electron chi connectivity index (χ2n) is 5.98. The first-order chi connectivity index (χ1) is 9.78. The Morgan fingerprint density at radius 3 is 2.14 bits per heavy atom. The van der Waals surface area contributed by atoms with E-state index in [0.717, 1.165) is 0 Å². The second-order valence-corrected chi connectivity index (χ2v) is 7.68.